The molecule has 1 aromatic heterocycles. The molecule has 0 saturated heterocycles. The molecule has 72 valence electrons. The first-order chi connectivity index (χ1) is 6.24. The van der Waals surface area contributed by atoms with E-state index < -0.39 is 0 Å². The van der Waals surface area contributed by atoms with Crippen LogP contribution in [0.4, 0.5) is 0 Å². The first kappa shape index (κ1) is 10.7. The summed E-state index contributed by atoms with van der Waals surface area (Å²) in [6, 6.07) is 1.78. The van der Waals surface area contributed by atoms with Gasteiger partial charge in [-0.15, -0.1) is 11.3 Å². The summed E-state index contributed by atoms with van der Waals surface area (Å²) in [5.74, 6) is -0.0876. The van der Waals surface area contributed by atoms with E-state index in [4.69, 9.17) is 5.11 Å². The van der Waals surface area contributed by atoms with Gasteiger partial charge in [0.15, 0.2) is 0 Å². The fraction of sp³-hybridized carbons (Fsp3) is 0.375. The number of hydrogen-bond acceptors (Lipinski definition) is 3. The summed E-state index contributed by atoms with van der Waals surface area (Å²) in [4.78, 5) is 11.3. The van der Waals surface area contributed by atoms with E-state index in [9.17, 15) is 4.79 Å². The molecule has 3 nitrogen and oxygen atoms in total. The molecule has 1 amide bonds. The molecule has 1 aromatic rings. The van der Waals surface area contributed by atoms with E-state index >= 15 is 0 Å². The SMILES string of the molecule is O=C(NCCCO)c1csc(Br)c1. The highest BCUT2D eigenvalue weighted by Crippen LogP contribution is 2.20. The molecule has 0 spiro atoms. The third-order valence-electron chi connectivity index (χ3n) is 1.45. The lowest BCUT2D eigenvalue weighted by Crippen LogP contribution is -2.24. The minimum Gasteiger partial charge on any atom is -0.396 e. The number of carbonyl (C=O) groups is 1. The second kappa shape index (κ2) is 5.36. The average Bonchev–Trinajstić information content (AvgIpc) is 2.52. The summed E-state index contributed by atoms with van der Waals surface area (Å²) in [5, 5.41) is 13.0. The van der Waals surface area contributed by atoms with Crippen LogP contribution in [0.3, 0.4) is 0 Å². The Balaban J connectivity index is 2.40. The number of aliphatic hydroxyl groups excluding tert-OH is 1. The molecule has 0 unspecified atom stereocenters. The van der Waals surface area contributed by atoms with Crippen molar-refractivity contribution in [3.05, 3.63) is 20.8 Å². The van der Waals surface area contributed by atoms with E-state index in [0.29, 0.717) is 18.5 Å². The van der Waals surface area contributed by atoms with Gasteiger partial charge < -0.3 is 10.4 Å². The molecule has 0 aliphatic rings. The highest BCUT2D eigenvalue weighted by Gasteiger charge is 2.05. The van der Waals surface area contributed by atoms with Crippen molar-refractivity contribution < 1.29 is 9.90 Å². The van der Waals surface area contributed by atoms with Crippen LogP contribution in [0, 0.1) is 0 Å². The summed E-state index contributed by atoms with van der Waals surface area (Å²) in [6.07, 6.45) is 0.594. The molecular formula is C8H10BrNO2S. The monoisotopic (exact) mass is 263 g/mol. The number of halogens is 1. The number of rotatable bonds is 4. The molecule has 0 aliphatic carbocycles. The van der Waals surface area contributed by atoms with Gasteiger partial charge in [-0.3, -0.25) is 4.79 Å². The summed E-state index contributed by atoms with van der Waals surface area (Å²) in [5.41, 5.74) is 0.662. The minimum atomic E-state index is -0.0876. The van der Waals surface area contributed by atoms with E-state index in [1.54, 1.807) is 11.4 Å². The molecule has 5 heteroatoms. The lowest BCUT2D eigenvalue weighted by molar-refractivity contribution is 0.0951. The van der Waals surface area contributed by atoms with Gasteiger partial charge in [0.05, 0.1) is 9.35 Å². The maximum Gasteiger partial charge on any atom is 0.252 e. The molecular weight excluding hydrogens is 254 g/mol. The Hall–Kier alpha value is -0.390. The average molecular weight is 264 g/mol. The van der Waals surface area contributed by atoms with E-state index in [0.717, 1.165) is 3.79 Å². The lowest BCUT2D eigenvalue weighted by atomic mass is 10.3. The Morgan fingerprint density at radius 1 is 1.69 bits per heavy atom. The number of amides is 1. The van der Waals surface area contributed by atoms with Crippen LogP contribution >= 0.6 is 27.3 Å². The Labute approximate surface area is 88.9 Å². The van der Waals surface area contributed by atoms with Crippen LogP contribution in [-0.2, 0) is 0 Å². The van der Waals surface area contributed by atoms with Crippen LogP contribution in [0.2, 0.25) is 0 Å². The minimum absolute atomic E-state index is 0.0876. The number of nitrogens with one attached hydrogen (secondary N) is 1. The zero-order valence-corrected chi connectivity index (χ0v) is 9.32. The van der Waals surface area contributed by atoms with Gasteiger partial charge in [0.25, 0.3) is 5.91 Å². The van der Waals surface area contributed by atoms with E-state index in [-0.39, 0.29) is 12.5 Å². The fourth-order valence-corrected chi connectivity index (χ4v) is 1.95. The van der Waals surface area contributed by atoms with Gasteiger partial charge in [0.2, 0.25) is 0 Å². The second-order valence-electron chi connectivity index (χ2n) is 2.47. The molecule has 13 heavy (non-hydrogen) atoms. The Morgan fingerprint density at radius 3 is 3.00 bits per heavy atom. The van der Waals surface area contributed by atoms with Gasteiger partial charge in [-0.25, -0.2) is 0 Å². The predicted molar refractivity (Wildman–Crippen MR) is 56.1 cm³/mol. The molecule has 0 saturated carbocycles. The summed E-state index contributed by atoms with van der Waals surface area (Å²) in [7, 11) is 0. The first-order valence-electron chi connectivity index (χ1n) is 3.87. The summed E-state index contributed by atoms with van der Waals surface area (Å²) >= 11 is 4.76. The van der Waals surface area contributed by atoms with Gasteiger partial charge in [0, 0.05) is 18.5 Å². The Bertz CT molecular complexity index is 287. The smallest absolute Gasteiger partial charge is 0.252 e. The molecule has 0 radical (unpaired) electrons. The normalized spacial score (nSPS) is 10.0. The van der Waals surface area contributed by atoms with Gasteiger partial charge in [0.1, 0.15) is 0 Å². The third-order valence-corrected chi connectivity index (χ3v) is 2.95. The van der Waals surface area contributed by atoms with Crippen molar-refractivity contribution in [2.24, 2.45) is 0 Å². The van der Waals surface area contributed by atoms with Gasteiger partial charge in [-0.2, -0.15) is 0 Å². The maximum atomic E-state index is 11.3. The Morgan fingerprint density at radius 2 is 2.46 bits per heavy atom. The van der Waals surface area contributed by atoms with Crippen molar-refractivity contribution in [2.75, 3.05) is 13.2 Å². The van der Waals surface area contributed by atoms with Crippen molar-refractivity contribution >= 4 is 33.2 Å². The number of thiophene rings is 1. The predicted octanol–water partition coefficient (Wildman–Crippen LogP) is 1.62. The molecule has 1 heterocycles. The Kier molecular flexibility index (Phi) is 4.41. The van der Waals surface area contributed by atoms with Crippen LogP contribution in [0.15, 0.2) is 15.2 Å². The molecule has 0 atom stereocenters. The fourth-order valence-electron chi connectivity index (χ4n) is 0.812. The van der Waals surface area contributed by atoms with Gasteiger partial charge >= 0.3 is 0 Å². The van der Waals surface area contributed by atoms with Crippen LogP contribution in [-0.4, -0.2) is 24.2 Å². The largest absolute Gasteiger partial charge is 0.396 e. The van der Waals surface area contributed by atoms with Gasteiger partial charge in [-0.05, 0) is 28.4 Å². The van der Waals surface area contributed by atoms with Crippen molar-refractivity contribution in [2.45, 2.75) is 6.42 Å². The molecule has 0 aliphatic heterocycles. The zero-order valence-electron chi connectivity index (χ0n) is 6.92. The number of carbonyl (C=O) groups excluding carboxylic acids is 1. The van der Waals surface area contributed by atoms with Crippen LogP contribution in [0.1, 0.15) is 16.8 Å². The topological polar surface area (TPSA) is 49.3 Å². The van der Waals surface area contributed by atoms with E-state index in [1.807, 2.05) is 0 Å². The van der Waals surface area contributed by atoms with Crippen LogP contribution < -0.4 is 5.32 Å². The van der Waals surface area contributed by atoms with Gasteiger partial charge in [-0.1, -0.05) is 0 Å². The standard InChI is InChI=1S/C8H10BrNO2S/c9-7-4-6(5-13-7)8(12)10-2-1-3-11/h4-5,11H,1-3H2,(H,10,12). The summed E-state index contributed by atoms with van der Waals surface area (Å²) < 4.78 is 0.944. The van der Waals surface area contributed by atoms with Crippen LogP contribution in [0.25, 0.3) is 0 Å². The van der Waals surface area contributed by atoms with Crippen LogP contribution in [0.5, 0.6) is 0 Å². The van der Waals surface area contributed by atoms with Crippen molar-refractivity contribution in [3.63, 3.8) is 0 Å². The zero-order chi connectivity index (χ0) is 9.68. The maximum absolute atomic E-state index is 11.3. The lowest BCUT2D eigenvalue weighted by Gasteiger charge is -2.00. The highest BCUT2D eigenvalue weighted by atomic mass is 79.9. The molecule has 0 bridgehead atoms. The van der Waals surface area contributed by atoms with E-state index in [2.05, 4.69) is 21.2 Å². The highest BCUT2D eigenvalue weighted by molar-refractivity contribution is 9.11. The molecule has 0 fully saturated rings. The van der Waals surface area contributed by atoms with Crippen molar-refractivity contribution in [3.8, 4) is 0 Å². The van der Waals surface area contributed by atoms with Crippen molar-refractivity contribution in [1.29, 1.82) is 0 Å². The first-order valence-corrected chi connectivity index (χ1v) is 5.54. The molecule has 1 rings (SSSR count). The summed E-state index contributed by atoms with van der Waals surface area (Å²) in [6.45, 7) is 0.621. The molecule has 2 N–H and O–H groups in total. The van der Waals surface area contributed by atoms with Crippen molar-refractivity contribution in [1.82, 2.24) is 5.32 Å². The second-order valence-corrected chi connectivity index (χ2v) is 4.76. The van der Waals surface area contributed by atoms with E-state index in [1.165, 1.54) is 11.3 Å². The molecule has 0 aromatic carbocycles. The third kappa shape index (κ3) is 3.46. The number of hydrogen-bond donors (Lipinski definition) is 2. The number of aliphatic hydroxyl groups is 1. The quantitative estimate of drug-likeness (QED) is 0.812.